The van der Waals surface area contributed by atoms with Crippen molar-refractivity contribution in [3.63, 3.8) is 0 Å². The second kappa shape index (κ2) is 4.14. The van der Waals surface area contributed by atoms with E-state index in [1.807, 2.05) is 6.07 Å². The first-order valence-corrected chi connectivity index (χ1v) is 3.86. The van der Waals surface area contributed by atoms with Gasteiger partial charge in [-0.3, -0.25) is 0 Å². The molecular formula is C9H9N3O2. The number of carbonyl (C=O) groups excluding carboxylic acids is 1. The molecule has 0 unspecified atom stereocenters. The van der Waals surface area contributed by atoms with Crippen LogP contribution in [0.25, 0.3) is 0 Å². The lowest BCUT2D eigenvalue weighted by Crippen LogP contribution is -2.22. The number of hydrogen-bond donors (Lipinski definition) is 2. The Kier molecular flexibility index (Phi) is 2.92. The van der Waals surface area contributed by atoms with E-state index >= 15 is 0 Å². The van der Waals surface area contributed by atoms with E-state index in [0.717, 1.165) is 0 Å². The Morgan fingerprint density at radius 2 is 2.36 bits per heavy atom. The second-order valence-electron chi connectivity index (χ2n) is 2.51. The molecule has 0 spiro atoms. The van der Waals surface area contributed by atoms with Gasteiger partial charge in [0.05, 0.1) is 5.56 Å². The van der Waals surface area contributed by atoms with Crippen molar-refractivity contribution >= 4 is 11.8 Å². The summed E-state index contributed by atoms with van der Waals surface area (Å²) in [6, 6.07) is 6.35. The zero-order valence-electron chi connectivity index (χ0n) is 7.57. The molecule has 0 radical (unpaired) electrons. The number of nitrogens with one attached hydrogen (secondary N) is 1. The number of rotatable bonds is 1. The maximum absolute atomic E-state index is 10.9. The lowest BCUT2D eigenvalue weighted by atomic mass is 10.2. The molecule has 0 saturated carbocycles. The van der Waals surface area contributed by atoms with Crippen LogP contribution in [0.15, 0.2) is 18.2 Å². The van der Waals surface area contributed by atoms with E-state index in [0.29, 0.717) is 5.69 Å². The Hall–Kier alpha value is -2.22. The predicted octanol–water partition coefficient (Wildman–Crippen LogP) is 0.859. The summed E-state index contributed by atoms with van der Waals surface area (Å²) in [6.45, 7) is 0. The van der Waals surface area contributed by atoms with Crippen molar-refractivity contribution in [3.8, 4) is 11.8 Å². The number of ether oxygens (including phenoxy) is 1. The Labute approximate surface area is 81.1 Å². The van der Waals surface area contributed by atoms with Gasteiger partial charge in [-0.2, -0.15) is 5.26 Å². The average molecular weight is 191 g/mol. The summed E-state index contributed by atoms with van der Waals surface area (Å²) >= 11 is 0. The fourth-order valence-electron chi connectivity index (χ4n) is 0.875. The molecular weight excluding hydrogens is 182 g/mol. The van der Waals surface area contributed by atoms with Crippen molar-refractivity contribution in [1.82, 2.24) is 5.32 Å². The van der Waals surface area contributed by atoms with Gasteiger partial charge in [-0.1, -0.05) is 0 Å². The van der Waals surface area contributed by atoms with E-state index in [4.69, 9.17) is 15.7 Å². The molecule has 5 nitrogen and oxygen atoms in total. The molecule has 72 valence electrons. The molecule has 0 atom stereocenters. The normalized spacial score (nSPS) is 8.86. The van der Waals surface area contributed by atoms with Crippen LogP contribution in [0.5, 0.6) is 5.75 Å². The molecule has 0 aliphatic rings. The van der Waals surface area contributed by atoms with E-state index in [9.17, 15) is 4.79 Å². The van der Waals surface area contributed by atoms with Gasteiger partial charge in [0, 0.05) is 12.7 Å². The first-order valence-electron chi connectivity index (χ1n) is 3.86. The monoisotopic (exact) mass is 191 g/mol. The molecule has 0 aliphatic heterocycles. The maximum Gasteiger partial charge on any atom is 0.412 e. The van der Waals surface area contributed by atoms with E-state index in [1.165, 1.54) is 19.2 Å². The number of hydrogen-bond acceptors (Lipinski definition) is 4. The number of amides is 1. The van der Waals surface area contributed by atoms with Gasteiger partial charge in [-0.05, 0) is 18.2 Å². The largest absolute Gasteiger partial charge is 0.412 e. The fourth-order valence-corrected chi connectivity index (χ4v) is 0.875. The van der Waals surface area contributed by atoms with Crippen LogP contribution in [-0.4, -0.2) is 13.1 Å². The molecule has 0 aromatic heterocycles. The van der Waals surface area contributed by atoms with Crippen LogP contribution >= 0.6 is 0 Å². The van der Waals surface area contributed by atoms with Crippen LogP contribution in [-0.2, 0) is 0 Å². The number of nitrogens with two attached hydrogens (primary N) is 1. The molecule has 1 aromatic rings. The second-order valence-corrected chi connectivity index (χ2v) is 2.51. The molecule has 0 heterocycles. The predicted molar refractivity (Wildman–Crippen MR) is 50.7 cm³/mol. The van der Waals surface area contributed by atoms with Crippen LogP contribution in [0.1, 0.15) is 5.56 Å². The van der Waals surface area contributed by atoms with Crippen molar-refractivity contribution < 1.29 is 9.53 Å². The van der Waals surface area contributed by atoms with Gasteiger partial charge in [0.15, 0.2) is 5.75 Å². The molecule has 1 aromatic carbocycles. The summed E-state index contributed by atoms with van der Waals surface area (Å²) in [4.78, 5) is 10.9. The van der Waals surface area contributed by atoms with E-state index < -0.39 is 6.09 Å². The highest BCUT2D eigenvalue weighted by Gasteiger charge is 2.07. The lowest BCUT2D eigenvalue weighted by molar-refractivity contribution is 0.203. The Morgan fingerprint density at radius 3 is 2.93 bits per heavy atom. The van der Waals surface area contributed by atoms with Gasteiger partial charge in [0.2, 0.25) is 0 Å². The number of benzene rings is 1. The number of nitrogen functional groups attached to an aromatic ring is 1. The van der Waals surface area contributed by atoms with Crippen molar-refractivity contribution in [2.75, 3.05) is 12.8 Å². The third-order valence-corrected chi connectivity index (χ3v) is 1.53. The standard InChI is InChI=1S/C9H9N3O2/c1-12-9(13)14-8-3-2-7(11)4-6(8)5-10/h2-4H,11H2,1H3,(H,12,13). The molecule has 0 aliphatic carbocycles. The van der Waals surface area contributed by atoms with Gasteiger partial charge < -0.3 is 15.8 Å². The average Bonchev–Trinajstić information content (AvgIpc) is 2.20. The van der Waals surface area contributed by atoms with Gasteiger partial charge in [-0.25, -0.2) is 4.79 Å². The van der Waals surface area contributed by atoms with Crippen molar-refractivity contribution in [2.24, 2.45) is 0 Å². The van der Waals surface area contributed by atoms with Crippen LogP contribution < -0.4 is 15.8 Å². The van der Waals surface area contributed by atoms with Crippen molar-refractivity contribution in [2.45, 2.75) is 0 Å². The van der Waals surface area contributed by atoms with Crippen LogP contribution in [0.2, 0.25) is 0 Å². The lowest BCUT2D eigenvalue weighted by Gasteiger charge is -2.05. The number of nitrogens with zero attached hydrogens (tertiary/aromatic N) is 1. The van der Waals surface area contributed by atoms with E-state index in [1.54, 1.807) is 6.07 Å². The smallest absolute Gasteiger partial charge is 0.409 e. The van der Waals surface area contributed by atoms with E-state index in [2.05, 4.69) is 5.32 Å². The minimum Gasteiger partial charge on any atom is -0.409 e. The number of nitriles is 1. The zero-order chi connectivity index (χ0) is 10.6. The third kappa shape index (κ3) is 2.14. The topological polar surface area (TPSA) is 88.1 Å². The van der Waals surface area contributed by atoms with Crippen molar-refractivity contribution in [3.05, 3.63) is 23.8 Å². The molecule has 14 heavy (non-hydrogen) atoms. The summed E-state index contributed by atoms with van der Waals surface area (Å²) in [5, 5.41) is 11.0. The summed E-state index contributed by atoms with van der Waals surface area (Å²) in [5.41, 5.74) is 6.14. The molecule has 1 amide bonds. The van der Waals surface area contributed by atoms with Crippen molar-refractivity contribution in [1.29, 1.82) is 5.26 Å². The minimum absolute atomic E-state index is 0.195. The minimum atomic E-state index is -0.619. The van der Waals surface area contributed by atoms with Crippen LogP contribution in [0.4, 0.5) is 10.5 Å². The summed E-state index contributed by atoms with van der Waals surface area (Å²) < 4.78 is 4.81. The first-order chi connectivity index (χ1) is 6.67. The van der Waals surface area contributed by atoms with Gasteiger partial charge in [-0.15, -0.1) is 0 Å². The molecule has 1 rings (SSSR count). The summed E-state index contributed by atoms with van der Waals surface area (Å²) in [6.07, 6.45) is -0.619. The Bertz CT molecular complexity index is 396. The van der Waals surface area contributed by atoms with Crippen LogP contribution in [0.3, 0.4) is 0 Å². The highest BCUT2D eigenvalue weighted by Crippen LogP contribution is 2.20. The highest BCUT2D eigenvalue weighted by atomic mass is 16.6. The van der Waals surface area contributed by atoms with E-state index in [-0.39, 0.29) is 11.3 Å². The quantitative estimate of drug-likeness (QED) is 0.644. The Balaban J connectivity index is 2.98. The molecule has 0 fully saturated rings. The summed E-state index contributed by atoms with van der Waals surface area (Å²) in [7, 11) is 1.44. The van der Waals surface area contributed by atoms with Gasteiger partial charge in [0.25, 0.3) is 0 Å². The van der Waals surface area contributed by atoms with Gasteiger partial charge in [0.1, 0.15) is 6.07 Å². The Morgan fingerprint density at radius 1 is 1.64 bits per heavy atom. The molecule has 5 heteroatoms. The zero-order valence-corrected chi connectivity index (χ0v) is 7.57. The number of carbonyl (C=O) groups is 1. The maximum atomic E-state index is 10.9. The SMILES string of the molecule is CNC(=O)Oc1ccc(N)cc1C#N. The summed E-state index contributed by atoms with van der Waals surface area (Å²) in [5.74, 6) is 0.195. The molecule has 0 saturated heterocycles. The fraction of sp³-hybridized carbons (Fsp3) is 0.111. The molecule has 0 bridgehead atoms. The van der Waals surface area contributed by atoms with Crippen LogP contribution in [0, 0.1) is 11.3 Å². The third-order valence-electron chi connectivity index (χ3n) is 1.53. The first kappa shape index (κ1) is 9.86. The highest BCUT2D eigenvalue weighted by molar-refractivity contribution is 5.71. The van der Waals surface area contributed by atoms with Gasteiger partial charge >= 0.3 is 6.09 Å². The molecule has 3 N–H and O–H groups in total. The number of anilines is 1.